The molecule has 1 aromatic rings. The number of benzene rings is 1. The van der Waals surface area contributed by atoms with Crippen molar-refractivity contribution in [1.29, 1.82) is 0 Å². The molecular formula is C19H24N2O5S. The van der Waals surface area contributed by atoms with Crippen LogP contribution >= 0.6 is 0 Å². The molecule has 0 bridgehead atoms. The standard InChI is InChI=1S/C19H24N2O5S/c1-12(2)6-8-21-18(23)15-5-4-13(10-16(15)19(21)24)17(22)20(3)14-7-9-27(25,26)11-14/h4-5,10,12,14H,6-9,11H2,1-3H3/t14-/m1/s1. The molecule has 3 rings (SSSR count). The SMILES string of the molecule is CC(C)CCN1C(=O)c2ccc(C(=O)N(C)[C@@H]3CCS(=O)(=O)C3)cc2C1=O. The third-order valence-corrected chi connectivity index (χ3v) is 6.97. The van der Waals surface area contributed by atoms with Gasteiger partial charge < -0.3 is 4.90 Å². The van der Waals surface area contributed by atoms with Crippen LogP contribution in [0.2, 0.25) is 0 Å². The molecule has 2 heterocycles. The van der Waals surface area contributed by atoms with Crippen LogP contribution in [0.1, 0.15) is 57.8 Å². The second-order valence-corrected chi connectivity index (χ2v) is 9.91. The lowest BCUT2D eigenvalue weighted by molar-refractivity contribution is 0.0647. The van der Waals surface area contributed by atoms with E-state index in [2.05, 4.69) is 0 Å². The van der Waals surface area contributed by atoms with Crippen LogP contribution < -0.4 is 0 Å². The molecular weight excluding hydrogens is 368 g/mol. The predicted molar refractivity (Wildman–Crippen MR) is 100 cm³/mol. The molecule has 3 amide bonds. The summed E-state index contributed by atoms with van der Waals surface area (Å²) in [5.41, 5.74) is 0.834. The molecule has 2 aliphatic rings. The Morgan fingerprint density at radius 1 is 1.22 bits per heavy atom. The highest BCUT2D eigenvalue weighted by molar-refractivity contribution is 7.91. The van der Waals surface area contributed by atoms with Crippen molar-refractivity contribution in [2.24, 2.45) is 5.92 Å². The summed E-state index contributed by atoms with van der Waals surface area (Å²) in [7, 11) is -1.53. The van der Waals surface area contributed by atoms with E-state index in [9.17, 15) is 22.8 Å². The van der Waals surface area contributed by atoms with Gasteiger partial charge in [0, 0.05) is 25.2 Å². The fourth-order valence-electron chi connectivity index (χ4n) is 3.46. The van der Waals surface area contributed by atoms with Gasteiger partial charge in [0.1, 0.15) is 0 Å². The van der Waals surface area contributed by atoms with E-state index in [-0.39, 0.29) is 46.4 Å². The molecule has 0 radical (unpaired) electrons. The van der Waals surface area contributed by atoms with Gasteiger partial charge in [-0.25, -0.2) is 8.42 Å². The topological polar surface area (TPSA) is 91.8 Å². The Bertz CT molecular complexity index is 907. The van der Waals surface area contributed by atoms with Crippen LogP contribution in [-0.4, -0.2) is 67.1 Å². The Labute approximate surface area is 159 Å². The van der Waals surface area contributed by atoms with E-state index in [0.717, 1.165) is 6.42 Å². The average Bonchev–Trinajstić information content (AvgIpc) is 3.09. The highest BCUT2D eigenvalue weighted by atomic mass is 32.2. The molecule has 2 aliphatic heterocycles. The molecule has 0 spiro atoms. The number of carbonyl (C=O) groups excluding carboxylic acids is 3. The first-order chi connectivity index (χ1) is 12.6. The molecule has 1 fully saturated rings. The van der Waals surface area contributed by atoms with Crippen molar-refractivity contribution in [2.75, 3.05) is 25.1 Å². The van der Waals surface area contributed by atoms with Crippen LogP contribution in [0.25, 0.3) is 0 Å². The second kappa shape index (κ2) is 7.07. The summed E-state index contributed by atoms with van der Waals surface area (Å²) in [5.74, 6) is -0.650. The minimum absolute atomic E-state index is 0.0411. The van der Waals surface area contributed by atoms with Gasteiger partial charge in [-0.05, 0) is 37.0 Å². The van der Waals surface area contributed by atoms with E-state index in [1.165, 1.54) is 28.0 Å². The lowest BCUT2D eigenvalue weighted by Gasteiger charge is -2.23. The zero-order valence-corrected chi connectivity index (χ0v) is 16.6. The Hall–Kier alpha value is -2.22. The fraction of sp³-hybridized carbons (Fsp3) is 0.526. The van der Waals surface area contributed by atoms with Crippen molar-refractivity contribution < 1.29 is 22.8 Å². The summed E-state index contributed by atoms with van der Waals surface area (Å²) < 4.78 is 23.3. The fourth-order valence-corrected chi connectivity index (χ4v) is 5.24. The number of imide groups is 1. The first kappa shape index (κ1) is 19.5. The highest BCUT2D eigenvalue weighted by Gasteiger charge is 2.37. The van der Waals surface area contributed by atoms with Crippen molar-refractivity contribution in [3.05, 3.63) is 34.9 Å². The molecule has 27 heavy (non-hydrogen) atoms. The third kappa shape index (κ3) is 3.76. The zero-order valence-electron chi connectivity index (χ0n) is 15.8. The number of nitrogens with zero attached hydrogens (tertiary/aromatic N) is 2. The van der Waals surface area contributed by atoms with Gasteiger partial charge in [-0.15, -0.1) is 0 Å². The van der Waals surface area contributed by atoms with Crippen LogP contribution in [0.3, 0.4) is 0 Å². The van der Waals surface area contributed by atoms with Crippen molar-refractivity contribution in [3.8, 4) is 0 Å². The van der Waals surface area contributed by atoms with Gasteiger partial charge in [0.2, 0.25) is 0 Å². The summed E-state index contributed by atoms with van der Waals surface area (Å²) >= 11 is 0. The number of sulfone groups is 1. The van der Waals surface area contributed by atoms with Gasteiger partial charge in [0.15, 0.2) is 9.84 Å². The first-order valence-electron chi connectivity index (χ1n) is 9.08. The van der Waals surface area contributed by atoms with Gasteiger partial charge in [0.25, 0.3) is 17.7 Å². The lowest BCUT2D eigenvalue weighted by Crippen LogP contribution is -2.37. The molecule has 7 nitrogen and oxygen atoms in total. The molecule has 0 aromatic heterocycles. The van der Waals surface area contributed by atoms with Crippen molar-refractivity contribution >= 4 is 27.6 Å². The van der Waals surface area contributed by atoms with Gasteiger partial charge in [-0.2, -0.15) is 0 Å². The van der Waals surface area contributed by atoms with Crippen molar-refractivity contribution in [3.63, 3.8) is 0 Å². The summed E-state index contributed by atoms with van der Waals surface area (Å²) in [5, 5.41) is 0. The van der Waals surface area contributed by atoms with E-state index in [0.29, 0.717) is 24.4 Å². The molecule has 1 aromatic carbocycles. The number of rotatable bonds is 5. The summed E-state index contributed by atoms with van der Waals surface area (Å²) in [6.45, 7) is 4.40. The number of amides is 3. The summed E-state index contributed by atoms with van der Waals surface area (Å²) in [6, 6.07) is 4.12. The van der Waals surface area contributed by atoms with Crippen LogP contribution in [0.4, 0.5) is 0 Å². The lowest BCUT2D eigenvalue weighted by atomic mass is 10.0. The van der Waals surface area contributed by atoms with Gasteiger partial charge >= 0.3 is 0 Å². The normalized spacial score (nSPS) is 21.0. The van der Waals surface area contributed by atoms with E-state index in [4.69, 9.17) is 0 Å². The van der Waals surface area contributed by atoms with Crippen LogP contribution in [0.5, 0.6) is 0 Å². The molecule has 0 saturated carbocycles. The number of carbonyl (C=O) groups is 3. The van der Waals surface area contributed by atoms with Crippen LogP contribution in [0.15, 0.2) is 18.2 Å². The van der Waals surface area contributed by atoms with E-state index in [1.54, 1.807) is 7.05 Å². The van der Waals surface area contributed by atoms with E-state index in [1.807, 2.05) is 13.8 Å². The third-order valence-electron chi connectivity index (χ3n) is 5.22. The van der Waals surface area contributed by atoms with Crippen molar-refractivity contribution in [2.45, 2.75) is 32.7 Å². The Kier molecular flexibility index (Phi) is 5.12. The molecule has 0 N–H and O–H groups in total. The quantitative estimate of drug-likeness (QED) is 0.710. The first-order valence-corrected chi connectivity index (χ1v) is 10.9. The maximum Gasteiger partial charge on any atom is 0.261 e. The molecule has 8 heteroatoms. The average molecular weight is 392 g/mol. The van der Waals surface area contributed by atoms with Crippen molar-refractivity contribution in [1.82, 2.24) is 9.80 Å². The Morgan fingerprint density at radius 2 is 1.89 bits per heavy atom. The maximum atomic E-state index is 12.7. The van der Waals surface area contributed by atoms with Gasteiger partial charge in [0.05, 0.1) is 22.6 Å². The predicted octanol–water partition coefficient (Wildman–Crippen LogP) is 1.59. The largest absolute Gasteiger partial charge is 0.338 e. The minimum atomic E-state index is -3.10. The van der Waals surface area contributed by atoms with Gasteiger partial charge in [-0.1, -0.05) is 13.8 Å². The monoisotopic (exact) mass is 392 g/mol. The highest BCUT2D eigenvalue weighted by Crippen LogP contribution is 2.26. The summed E-state index contributed by atoms with van der Waals surface area (Å²) in [4.78, 5) is 40.5. The molecule has 0 unspecified atom stereocenters. The number of hydrogen-bond acceptors (Lipinski definition) is 5. The van der Waals surface area contributed by atoms with E-state index < -0.39 is 9.84 Å². The van der Waals surface area contributed by atoms with Crippen LogP contribution in [-0.2, 0) is 9.84 Å². The molecule has 1 atom stereocenters. The molecule has 1 saturated heterocycles. The smallest absolute Gasteiger partial charge is 0.261 e. The zero-order chi connectivity index (χ0) is 19.9. The summed E-state index contributed by atoms with van der Waals surface area (Å²) in [6.07, 6.45) is 1.13. The molecule has 0 aliphatic carbocycles. The van der Waals surface area contributed by atoms with Crippen LogP contribution in [0, 0.1) is 5.92 Å². The molecule has 146 valence electrons. The second-order valence-electron chi connectivity index (χ2n) is 7.68. The number of fused-ring (bicyclic) bond motifs is 1. The Balaban J connectivity index is 1.80. The number of hydrogen-bond donors (Lipinski definition) is 0. The van der Waals surface area contributed by atoms with E-state index >= 15 is 0 Å². The minimum Gasteiger partial charge on any atom is -0.338 e. The van der Waals surface area contributed by atoms with Gasteiger partial charge in [-0.3, -0.25) is 19.3 Å². The Morgan fingerprint density at radius 3 is 2.48 bits per heavy atom. The maximum absolute atomic E-state index is 12.7.